The summed E-state index contributed by atoms with van der Waals surface area (Å²) in [7, 11) is 0. The van der Waals surface area contributed by atoms with Gasteiger partial charge in [-0.3, -0.25) is 4.79 Å². The Bertz CT molecular complexity index is 956. The average molecular weight is 358 g/mol. The number of benzene rings is 1. The van der Waals surface area contributed by atoms with Gasteiger partial charge in [0.2, 0.25) is 5.76 Å². The zero-order valence-electron chi connectivity index (χ0n) is 14.6. The zero-order valence-corrected chi connectivity index (χ0v) is 14.6. The number of nitrogens with zero attached hydrogens (tertiary/aromatic N) is 1. The second kappa shape index (κ2) is 7.30. The molecule has 0 aliphatic carbocycles. The number of amides is 1. The largest absolute Gasteiger partial charge is 0.494 e. The van der Waals surface area contributed by atoms with Crippen LogP contribution in [0.5, 0.6) is 5.75 Å². The summed E-state index contributed by atoms with van der Waals surface area (Å²) in [6, 6.07) is 6.84. The lowest BCUT2D eigenvalue weighted by Gasteiger charge is -2.03. The van der Waals surface area contributed by atoms with Gasteiger partial charge in [0.25, 0.3) is 5.91 Å². The van der Waals surface area contributed by atoms with Crippen molar-refractivity contribution in [3.8, 4) is 5.75 Å². The van der Waals surface area contributed by atoms with Crippen molar-refractivity contribution < 1.29 is 28.0 Å². The summed E-state index contributed by atoms with van der Waals surface area (Å²) in [5.74, 6) is 0.306. The van der Waals surface area contributed by atoms with Crippen LogP contribution in [0.15, 0.2) is 33.2 Å². The van der Waals surface area contributed by atoms with Crippen LogP contribution in [0.2, 0.25) is 0 Å². The summed E-state index contributed by atoms with van der Waals surface area (Å²) in [5.41, 5.74) is 1.17. The maximum absolute atomic E-state index is 12.2. The Hall–Kier alpha value is -3.29. The van der Waals surface area contributed by atoms with E-state index in [-0.39, 0.29) is 11.6 Å². The first kappa shape index (κ1) is 17.5. The summed E-state index contributed by atoms with van der Waals surface area (Å²) in [5, 5.41) is 6.85. The lowest BCUT2D eigenvalue weighted by atomic mass is 10.1. The number of aromatic nitrogens is 1. The summed E-state index contributed by atoms with van der Waals surface area (Å²) < 4.78 is 20.9. The van der Waals surface area contributed by atoms with E-state index in [9.17, 15) is 9.59 Å². The lowest BCUT2D eigenvalue weighted by Crippen LogP contribution is -2.21. The molecule has 1 amide bonds. The molecule has 26 heavy (non-hydrogen) atoms. The van der Waals surface area contributed by atoms with E-state index in [1.165, 1.54) is 0 Å². The first-order valence-electron chi connectivity index (χ1n) is 8.04. The molecular weight excluding hydrogens is 340 g/mol. The first-order chi connectivity index (χ1) is 12.5. The smallest absolute Gasteiger partial charge is 0.375 e. The standard InChI is InChI=1S/C18H18N2O6/c1-4-23-12-5-6-14-13(8-12)11(3)17(25-14)18(22)24-9-16(21)19-15-7-10(2)26-20-15/h5-8H,4,9H2,1-3H3,(H,19,20,21). The summed E-state index contributed by atoms with van der Waals surface area (Å²) in [4.78, 5) is 24.1. The van der Waals surface area contributed by atoms with Crippen LogP contribution in [0.25, 0.3) is 11.0 Å². The third kappa shape index (κ3) is 3.69. The number of anilines is 1. The normalized spacial score (nSPS) is 10.7. The van der Waals surface area contributed by atoms with Crippen molar-refractivity contribution in [3.63, 3.8) is 0 Å². The number of carbonyl (C=O) groups excluding carboxylic acids is 2. The third-order valence-corrected chi connectivity index (χ3v) is 3.63. The van der Waals surface area contributed by atoms with E-state index in [0.29, 0.717) is 29.3 Å². The topological polar surface area (TPSA) is 104 Å². The van der Waals surface area contributed by atoms with Gasteiger partial charge in [0.05, 0.1) is 6.61 Å². The van der Waals surface area contributed by atoms with E-state index < -0.39 is 18.5 Å². The SMILES string of the molecule is CCOc1ccc2oc(C(=O)OCC(=O)Nc3cc(C)on3)c(C)c2c1. The number of ether oxygens (including phenoxy) is 2. The molecule has 0 unspecified atom stereocenters. The van der Waals surface area contributed by atoms with Gasteiger partial charge in [-0.1, -0.05) is 5.16 Å². The summed E-state index contributed by atoms with van der Waals surface area (Å²) >= 11 is 0. The fraction of sp³-hybridized carbons (Fsp3) is 0.278. The van der Waals surface area contributed by atoms with Gasteiger partial charge in [0.15, 0.2) is 12.4 Å². The van der Waals surface area contributed by atoms with Crippen LogP contribution in [0.4, 0.5) is 5.82 Å². The predicted molar refractivity (Wildman–Crippen MR) is 92.3 cm³/mol. The van der Waals surface area contributed by atoms with Gasteiger partial charge in [-0.25, -0.2) is 4.79 Å². The Balaban J connectivity index is 1.67. The van der Waals surface area contributed by atoms with E-state index in [0.717, 1.165) is 5.39 Å². The monoisotopic (exact) mass is 358 g/mol. The van der Waals surface area contributed by atoms with Crippen LogP contribution in [0, 0.1) is 13.8 Å². The molecule has 3 aromatic rings. The molecule has 3 rings (SSSR count). The molecule has 1 aromatic carbocycles. The van der Waals surface area contributed by atoms with Crippen molar-refractivity contribution in [1.29, 1.82) is 0 Å². The Kier molecular flexibility index (Phi) is 4.92. The molecular formula is C18H18N2O6. The molecule has 0 fully saturated rings. The molecule has 0 atom stereocenters. The molecule has 0 radical (unpaired) electrons. The maximum Gasteiger partial charge on any atom is 0.375 e. The summed E-state index contributed by atoms with van der Waals surface area (Å²) in [6.45, 7) is 5.41. The molecule has 0 saturated heterocycles. The Labute approximate surface area is 149 Å². The number of hydrogen-bond acceptors (Lipinski definition) is 7. The molecule has 0 bridgehead atoms. The van der Waals surface area contributed by atoms with Crippen molar-refractivity contribution in [1.82, 2.24) is 5.16 Å². The maximum atomic E-state index is 12.2. The highest BCUT2D eigenvalue weighted by atomic mass is 16.5. The van der Waals surface area contributed by atoms with Gasteiger partial charge in [-0.2, -0.15) is 0 Å². The minimum Gasteiger partial charge on any atom is -0.494 e. The quantitative estimate of drug-likeness (QED) is 0.675. The number of aryl methyl sites for hydroxylation is 2. The van der Waals surface area contributed by atoms with Gasteiger partial charge in [-0.15, -0.1) is 0 Å². The molecule has 136 valence electrons. The highest BCUT2D eigenvalue weighted by Gasteiger charge is 2.20. The van der Waals surface area contributed by atoms with Gasteiger partial charge >= 0.3 is 5.97 Å². The van der Waals surface area contributed by atoms with Crippen molar-refractivity contribution in [2.24, 2.45) is 0 Å². The fourth-order valence-electron chi connectivity index (χ4n) is 2.45. The number of nitrogens with one attached hydrogen (secondary N) is 1. The minimum atomic E-state index is -0.719. The van der Waals surface area contributed by atoms with Gasteiger partial charge in [0.1, 0.15) is 17.1 Å². The van der Waals surface area contributed by atoms with E-state index in [4.69, 9.17) is 18.4 Å². The number of esters is 1. The van der Waals surface area contributed by atoms with Crippen molar-refractivity contribution in [2.45, 2.75) is 20.8 Å². The van der Waals surface area contributed by atoms with Crippen LogP contribution in [-0.4, -0.2) is 30.2 Å². The zero-order chi connectivity index (χ0) is 18.7. The van der Waals surface area contributed by atoms with Crippen molar-refractivity contribution in [2.75, 3.05) is 18.5 Å². The van der Waals surface area contributed by atoms with Crippen molar-refractivity contribution >= 4 is 28.7 Å². The second-order valence-corrected chi connectivity index (χ2v) is 5.59. The number of rotatable bonds is 6. The molecule has 0 aliphatic heterocycles. The van der Waals surface area contributed by atoms with Crippen LogP contribution in [0.3, 0.4) is 0 Å². The third-order valence-electron chi connectivity index (χ3n) is 3.63. The van der Waals surface area contributed by atoms with Crippen LogP contribution in [0.1, 0.15) is 28.8 Å². The van der Waals surface area contributed by atoms with Crippen LogP contribution < -0.4 is 10.1 Å². The Morgan fingerprint density at radius 3 is 2.73 bits per heavy atom. The van der Waals surface area contributed by atoms with Crippen molar-refractivity contribution in [3.05, 3.63) is 41.3 Å². The highest BCUT2D eigenvalue weighted by Crippen LogP contribution is 2.29. The molecule has 8 nitrogen and oxygen atoms in total. The van der Waals surface area contributed by atoms with Gasteiger partial charge in [-0.05, 0) is 39.0 Å². The number of hydrogen-bond donors (Lipinski definition) is 1. The van der Waals surface area contributed by atoms with Gasteiger partial charge < -0.3 is 23.7 Å². The van der Waals surface area contributed by atoms with Crippen LogP contribution >= 0.6 is 0 Å². The average Bonchev–Trinajstić information content (AvgIpc) is 3.16. The molecule has 1 N–H and O–H groups in total. The molecule has 2 heterocycles. The number of fused-ring (bicyclic) bond motifs is 1. The summed E-state index contributed by atoms with van der Waals surface area (Å²) in [6.07, 6.45) is 0. The Morgan fingerprint density at radius 2 is 2.04 bits per heavy atom. The van der Waals surface area contributed by atoms with E-state index in [1.54, 1.807) is 38.1 Å². The molecule has 0 aliphatic rings. The predicted octanol–water partition coefficient (Wildman–Crippen LogP) is 3.23. The van der Waals surface area contributed by atoms with Gasteiger partial charge in [0, 0.05) is 17.0 Å². The van der Waals surface area contributed by atoms with E-state index >= 15 is 0 Å². The highest BCUT2D eigenvalue weighted by molar-refractivity contribution is 5.98. The number of furan rings is 1. The first-order valence-corrected chi connectivity index (χ1v) is 8.04. The van der Waals surface area contributed by atoms with E-state index in [2.05, 4.69) is 10.5 Å². The molecule has 0 spiro atoms. The number of carbonyl (C=O) groups is 2. The minimum absolute atomic E-state index is 0.0544. The van der Waals surface area contributed by atoms with Crippen LogP contribution in [-0.2, 0) is 9.53 Å². The molecule has 8 heteroatoms. The molecule has 0 saturated carbocycles. The second-order valence-electron chi connectivity index (χ2n) is 5.59. The fourth-order valence-corrected chi connectivity index (χ4v) is 2.45. The Morgan fingerprint density at radius 1 is 1.23 bits per heavy atom. The van der Waals surface area contributed by atoms with E-state index in [1.807, 2.05) is 6.92 Å². The lowest BCUT2D eigenvalue weighted by molar-refractivity contribution is -0.119. The molecule has 2 aromatic heterocycles.